The Hall–Kier alpha value is -2.29. The Labute approximate surface area is 190 Å². The number of fused-ring (bicyclic) bond motifs is 3. The van der Waals surface area contributed by atoms with Crippen LogP contribution in [0.2, 0.25) is 0 Å². The van der Waals surface area contributed by atoms with E-state index in [4.69, 9.17) is 17.3 Å². The minimum Gasteiger partial charge on any atom is -0.276 e. The molecule has 4 heterocycles. The largest absolute Gasteiger partial charge is 0.276 e. The fourth-order valence-corrected chi connectivity index (χ4v) is 5.69. The zero-order valence-electron chi connectivity index (χ0n) is 17.9. The molecular formula is C23H27N5OS2. The fourth-order valence-electron chi connectivity index (χ4n) is 4.52. The number of benzene rings is 1. The molecular weight excluding hydrogens is 426 g/mol. The van der Waals surface area contributed by atoms with E-state index in [9.17, 15) is 4.79 Å². The Morgan fingerprint density at radius 2 is 2.06 bits per heavy atom. The van der Waals surface area contributed by atoms with Crippen molar-refractivity contribution in [3.63, 3.8) is 0 Å². The van der Waals surface area contributed by atoms with Crippen molar-refractivity contribution in [1.29, 1.82) is 0 Å². The highest BCUT2D eigenvalue weighted by molar-refractivity contribution is 7.71. The molecule has 0 N–H and O–H groups in total. The van der Waals surface area contributed by atoms with Crippen molar-refractivity contribution in [3.8, 4) is 0 Å². The molecule has 0 aliphatic carbocycles. The first-order valence-corrected chi connectivity index (χ1v) is 12.2. The summed E-state index contributed by atoms with van der Waals surface area (Å²) < 4.78 is 6.31. The average Bonchev–Trinajstić information content (AvgIpc) is 3.49. The van der Waals surface area contributed by atoms with Gasteiger partial charge in [0.25, 0.3) is 5.56 Å². The molecule has 0 radical (unpaired) electrons. The molecule has 0 spiro atoms. The number of aromatic nitrogens is 4. The van der Waals surface area contributed by atoms with Gasteiger partial charge in [-0.05, 0) is 61.0 Å². The molecule has 1 aliphatic rings. The summed E-state index contributed by atoms with van der Waals surface area (Å²) in [5, 5.41) is 7.71. The molecule has 1 unspecified atom stereocenters. The third kappa shape index (κ3) is 3.66. The summed E-state index contributed by atoms with van der Waals surface area (Å²) in [6, 6.07) is 12.4. The van der Waals surface area contributed by atoms with Gasteiger partial charge in [-0.15, -0.1) is 16.4 Å². The van der Waals surface area contributed by atoms with Crippen molar-refractivity contribution in [3.05, 3.63) is 61.8 Å². The molecule has 1 aromatic carbocycles. The summed E-state index contributed by atoms with van der Waals surface area (Å²) in [6.07, 6.45) is 3.24. The van der Waals surface area contributed by atoms with Crippen molar-refractivity contribution in [2.75, 3.05) is 6.54 Å². The molecule has 1 saturated heterocycles. The van der Waals surface area contributed by atoms with Crippen molar-refractivity contribution in [2.45, 2.75) is 52.4 Å². The van der Waals surface area contributed by atoms with Crippen LogP contribution in [0, 0.1) is 10.7 Å². The van der Waals surface area contributed by atoms with Crippen LogP contribution < -0.4 is 5.56 Å². The van der Waals surface area contributed by atoms with Crippen LogP contribution >= 0.6 is 23.6 Å². The number of thiophene rings is 1. The van der Waals surface area contributed by atoms with Gasteiger partial charge in [0.1, 0.15) is 0 Å². The first-order valence-electron chi connectivity index (χ1n) is 10.9. The predicted molar refractivity (Wildman–Crippen MR) is 128 cm³/mol. The van der Waals surface area contributed by atoms with Crippen molar-refractivity contribution in [1.82, 2.24) is 23.6 Å². The molecule has 1 fully saturated rings. The molecule has 0 bridgehead atoms. The minimum atomic E-state index is 0.00790. The van der Waals surface area contributed by atoms with Crippen LogP contribution in [0.25, 0.3) is 16.7 Å². The Kier molecular flexibility index (Phi) is 5.54. The van der Waals surface area contributed by atoms with Gasteiger partial charge in [0.2, 0.25) is 10.5 Å². The lowest BCUT2D eigenvalue weighted by Crippen LogP contribution is -2.26. The van der Waals surface area contributed by atoms with Crippen LogP contribution in [0.3, 0.4) is 0 Å². The highest BCUT2D eigenvalue weighted by Gasteiger charge is 2.28. The maximum atomic E-state index is 13.3. The van der Waals surface area contributed by atoms with Crippen LogP contribution in [-0.2, 0) is 13.2 Å². The van der Waals surface area contributed by atoms with Crippen LogP contribution in [0.15, 0.2) is 46.6 Å². The SMILES string of the molecule is CC(C)CCn1c(=O)c2ccccc2n2c(=S)n(CN3CCCC3c3cccs3)nc12. The highest BCUT2D eigenvalue weighted by Crippen LogP contribution is 2.34. The van der Waals surface area contributed by atoms with E-state index >= 15 is 0 Å². The number of nitrogens with zero attached hydrogens (tertiary/aromatic N) is 5. The zero-order chi connectivity index (χ0) is 21.5. The van der Waals surface area contributed by atoms with Gasteiger partial charge in [-0.25, -0.2) is 4.68 Å². The molecule has 162 valence electrons. The monoisotopic (exact) mass is 453 g/mol. The second-order valence-electron chi connectivity index (χ2n) is 8.70. The van der Waals surface area contributed by atoms with Crippen LogP contribution in [0.4, 0.5) is 0 Å². The van der Waals surface area contributed by atoms with E-state index in [-0.39, 0.29) is 5.56 Å². The third-order valence-electron chi connectivity index (χ3n) is 6.17. The quantitative estimate of drug-likeness (QED) is 0.382. The van der Waals surface area contributed by atoms with Gasteiger partial charge in [-0.1, -0.05) is 32.0 Å². The topological polar surface area (TPSA) is 47.5 Å². The van der Waals surface area contributed by atoms with E-state index in [0.717, 1.165) is 24.9 Å². The Bertz CT molecular complexity index is 1330. The van der Waals surface area contributed by atoms with E-state index in [1.165, 1.54) is 11.3 Å². The second-order valence-corrected chi connectivity index (χ2v) is 10.0. The predicted octanol–water partition coefficient (Wildman–Crippen LogP) is 5.08. The van der Waals surface area contributed by atoms with E-state index in [1.54, 1.807) is 4.57 Å². The lowest BCUT2D eigenvalue weighted by atomic mass is 10.1. The maximum absolute atomic E-state index is 13.3. The van der Waals surface area contributed by atoms with Gasteiger partial charge in [-0.2, -0.15) is 0 Å². The lowest BCUT2D eigenvalue weighted by Gasteiger charge is -2.23. The molecule has 6 nitrogen and oxygen atoms in total. The summed E-state index contributed by atoms with van der Waals surface area (Å²) in [4.78, 5) is 17.1. The average molecular weight is 454 g/mol. The first-order chi connectivity index (χ1) is 15.0. The van der Waals surface area contributed by atoms with E-state index in [0.29, 0.717) is 41.1 Å². The molecule has 4 aromatic rings. The molecule has 8 heteroatoms. The van der Waals surface area contributed by atoms with Crippen LogP contribution in [0.5, 0.6) is 0 Å². The first kappa shape index (κ1) is 20.6. The third-order valence-corrected chi connectivity index (χ3v) is 7.53. The minimum absolute atomic E-state index is 0.00790. The molecule has 0 saturated carbocycles. The molecule has 31 heavy (non-hydrogen) atoms. The van der Waals surface area contributed by atoms with Gasteiger partial charge < -0.3 is 0 Å². The lowest BCUT2D eigenvalue weighted by molar-refractivity contribution is 0.192. The van der Waals surface area contributed by atoms with Gasteiger partial charge in [-0.3, -0.25) is 18.7 Å². The summed E-state index contributed by atoms with van der Waals surface area (Å²) in [5.41, 5.74) is 0.837. The second kappa shape index (κ2) is 8.33. The van der Waals surface area contributed by atoms with Crippen molar-refractivity contribution < 1.29 is 0 Å². The van der Waals surface area contributed by atoms with Crippen LogP contribution in [0.1, 0.15) is 44.0 Å². The summed E-state index contributed by atoms with van der Waals surface area (Å²) in [7, 11) is 0. The smallest absolute Gasteiger partial charge is 0.262 e. The zero-order valence-corrected chi connectivity index (χ0v) is 19.5. The number of likely N-dealkylation sites (tertiary alicyclic amines) is 1. The molecule has 1 atom stereocenters. The Morgan fingerprint density at radius 3 is 2.84 bits per heavy atom. The number of rotatable bonds is 6. The molecule has 3 aromatic heterocycles. The van der Waals surface area contributed by atoms with E-state index < -0.39 is 0 Å². The van der Waals surface area contributed by atoms with E-state index in [1.807, 2.05) is 44.7 Å². The Morgan fingerprint density at radius 1 is 1.23 bits per heavy atom. The number of aryl methyl sites for hydroxylation is 1. The van der Waals surface area contributed by atoms with Gasteiger partial charge in [0.05, 0.1) is 17.6 Å². The van der Waals surface area contributed by atoms with E-state index in [2.05, 4.69) is 36.3 Å². The number of hydrogen-bond acceptors (Lipinski definition) is 5. The summed E-state index contributed by atoms with van der Waals surface area (Å²) >= 11 is 7.70. The van der Waals surface area contributed by atoms with Gasteiger partial charge in [0.15, 0.2) is 0 Å². The molecule has 5 rings (SSSR count). The Balaban J connectivity index is 1.63. The normalized spacial score (nSPS) is 17.5. The van der Waals surface area contributed by atoms with Crippen molar-refractivity contribution >= 4 is 40.2 Å². The van der Waals surface area contributed by atoms with Gasteiger partial charge >= 0.3 is 0 Å². The van der Waals surface area contributed by atoms with Crippen LogP contribution in [-0.4, -0.2) is 30.2 Å². The molecule has 0 amide bonds. The highest BCUT2D eigenvalue weighted by atomic mass is 32.1. The van der Waals surface area contributed by atoms with Gasteiger partial charge in [0, 0.05) is 24.0 Å². The number of hydrogen-bond donors (Lipinski definition) is 0. The standard InChI is InChI=1S/C23H27N5OS2/c1-16(2)11-13-26-21(29)17-7-3-4-8-18(17)28-22(26)24-27(23(28)30)15-25-12-5-9-19(25)20-10-6-14-31-20/h3-4,6-8,10,14,16,19H,5,9,11-13,15H2,1-2H3. The fraction of sp³-hybridized carbons (Fsp3) is 0.435. The number of para-hydroxylation sites is 1. The maximum Gasteiger partial charge on any atom is 0.262 e. The molecule has 1 aliphatic heterocycles. The summed E-state index contributed by atoms with van der Waals surface area (Å²) in [5.74, 6) is 1.14. The summed E-state index contributed by atoms with van der Waals surface area (Å²) in [6.45, 7) is 6.64. The van der Waals surface area contributed by atoms with Crippen molar-refractivity contribution in [2.24, 2.45) is 5.92 Å².